The number of carbonyl (C=O) groups excluding carboxylic acids is 1. The zero-order valence-corrected chi connectivity index (χ0v) is 13.8. The van der Waals surface area contributed by atoms with Gasteiger partial charge in [-0.1, -0.05) is 12.1 Å². The molecule has 0 radical (unpaired) electrons. The highest BCUT2D eigenvalue weighted by molar-refractivity contribution is 5.92. The average molecular weight is 358 g/mol. The Kier molecular flexibility index (Phi) is 9.31. The molecule has 0 spiro atoms. The lowest BCUT2D eigenvalue weighted by Crippen LogP contribution is -2.18. The second-order valence-electron chi connectivity index (χ2n) is 4.84. The number of hydrazone groups is 1. The van der Waals surface area contributed by atoms with E-state index in [-0.39, 0.29) is 25.2 Å². The van der Waals surface area contributed by atoms with Crippen molar-refractivity contribution in [3.8, 4) is 0 Å². The monoisotopic (exact) mass is 358 g/mol. The number of nitrogens with zero attached hydrogens (tertiary/aromatic N) is 3. The molecule has 2 rings (SSSR count). The van der Waals surface area contributed by atoms with Crippen molar-refractivity contribution in [2.24, 2.45) is 5.10 Å². The molecule has 0 unspecified atom stereocenters. The topological polar surface area (TPSA) is 142 Å². The van der Waals surface area contributed by atoms with E-state index in [0.717, 1.165) is 5.56 Å². The van der Waals surface area contributed by atoms with Crippen LogP contribution in [0.4, 0.5) is 0 Å². The van der Waals surface area contributed by atoms with Gasteiger partial charge in [0.05, 0.1) is 6.21 Å². The summed E-state index contributed by atoms with van der Waals surface area (Å²) in [5.41, 5.74) is 3.53. The number of carbonyl (C=O) groups is 3. The van der Waals surface area contributed by atoms with E-state index in [0.29, 0.717) is 5.69 Å². The minimum absolute atomic E-state index is 0.0632. The summed E-state index contributed by atoms with van der Waals surface area (Å²) in [5.74, 6) is -2.24. The van der Waals surface area contributed by atoms with Crippen LogP contribution in [-0.4, -0.2) is 44.2 Å². The van der Waals surface area contributed by atoms with Gasteiger partial charge in [-0.05, 0) is 24.6 Å². The molecule has 0 aliphatic carbocycles. The lowest BCUT2D eigenvalue weighted by molar-refractivity contribution is -0.138. The number of pyridine rings is 2. The number of rotatable bonds is 7. The van der Waals surface area contributed by atoms with Crippen LogP contribution in [0.25, 0.3) is 0 Å². The predicted octanol–water partition coefficient (Wildman–Crippen LogP) is 1.57. The molecular formula is C17H18N4O5. The number of hydrogen-bond donors (Lipinski definition) is 3. The molecule has 0 saturated carbocycles. The molecular weight excluding hydrogens is 340 g/mol. The van der Waals surface area contributed by atoms with Gasteiger partial charge in [0.2, 0.25) is 0 Å². The summed E-state index contributed by atoms with van der Waals surface area (Å²) >= 11 is 0. The summed E-state index contributed by atoms with van der Waals surface area (Å²) < 4.78 is 0. The maximum absolute atomic E-state index is 11.5. The van der Waals surface area contributed by atoms with Crippen molar-refractivity contribution in [3.05, 3.63) is 60.2 Å². The van der Waals surface area contributed by atoms with Crippen LogP contribution in [0.2, 0.25) is 0 Å². The summed E-state index contributed by atoms with van der Waals surface area (Å²) in [6.45, 7) is 0. The van der Waals surface area contributed by atoms with Crippen LogP contribution >= 0.6 is 0 Å². The summed E-state index contributed by atoms with van der Waals surface area (Å²) in [5, 5.41) is 19.9. The highest BCUT2D eigenvalue weighted by Gasteiger charge is 2.03. The highest BCUT2D eigenvalue weighted by Crippen LogP contribution is 1.94. The molecule has 2 aromatic heterocycles. The first-order valence-corrected chi connectivity index (χ1v) is 7.57. The van der Waals surface area contributed by atoms with Crippen molar-refractivity contribution in [2.45, 2.75) is 19.3 Å². The zero-order valence-electron chi connectivity index (χ0n) is 13.8. The first-order chi connectivity index (χ1) is 12.5. The SMILES string of the molecule is O=C(N/N=C/c1cccnc1)c1ccccn1.O=C(O)CCCC(=O)O. The molecule has 0 aliphatic heterocycles. The van der Waals surface area contributed by atoms with E-state index in [1.165, 1.54) is 6.21 Å². The van der Waals surface area contributed by atoms with E-state index < -0.39 is 11.9 Å². The summed E-state index contributed by atoms with van der Waals surface area (Å²) in [7, 11) is 0. The smallest absolute Gasteiger partial charge is 0.303 e. The van der Waals surface area contributed by atoms with Crippen LogP contribution in [0.5, 0.6) is 0 Å². The van der Waals surface area contributed by atoms with Crippen molar-refractivity contribution >= 4 is 24.1 Å². The van der Waals surface area contributed by atoms with Gasteiger partial charge in [-0.2, -0.15) is 5.10 Å². The first kappa shape index (κ1) is 20.4. The minimum atomic E-state index is -0.948. The molecule has 1 amide bonds. The van der Waals surface area contributed by atoms with Crippen LogP contribution in [0.3, 0.4) is 0 Å². The fourth-order valence-corrected chi connectivity index (χ4v) is 1.56. The number of aromatic nitrogens is 2. The van der Waals surface area contributed by atoms with Gasteiger partial charge in [-0.25, -0.2) is 5.43 Å². The van der Waals surface area contributed by atoms with Crippen LogP contribution < -0.4 is 5.43 Å². The number of carboxylic acid groups (broad SMARTS) is 2. The van der Waals surface area contributed by atoms with Crippen molar-refractivity contribution in [1.82, 2.24) is 15.4 Å². The molecule has 0 aromatic carbocycles. The molecule has 9 nitrogen and oxygen atoms in total. The van der Waals surface area contributed by atoms with E-state index in [1.54, 1.807) is 42.9 Å². The third kappa shape index (κ3) is 9.50. The van der Waals surface area contributed by atoms with E-state index >= 15 is 0 Å². The molecule has 0 saturated heterocycles. The lowest BCUT2D eigenvalue weighted by atomic mass is 10.2. The van der Waals surface area contributed by atoms with Crippen molar-refractivity contribution in [1.29, 1.82) is 0 Å². The van der Waals surface area contributed by atoms with Gasteiger partial charge < -0.3 is 10.2 Å². The zero-order chi connectivity index (χ0) is 19.2. The van der Waals surface area contributed by atoms with Gasteiger partial charge in [-0.15, -0.1) is 0 Å². The number of aliphatic carboxylic acids is 2. The van der Waals surface area contributed by atoms with E-state index in [1.807, 2.05) is 6.07 Å². The highest BCUT2D eigenvalue weighted by atomic mass is 16.4. The summed E-state index contributed by atoms with van der Waals surface area (Å²) in [4.78, 5) is 38.9. The normalized spacial score (nSPS) is 9.85. The predicted molar refractivity (Wildman–Crippen MR) is 92.7 cm³/mol. The Morgan fingerprint density at radius 2 is 1.77 bits per heavy atom. The Hall–Kier alpha value is -3.62. The van der Waals surface area contributed by atoms with E-state index in [9.17, 15) is 14.4 Å². The van der Waals surface area contributed by atoms with Crippen molar-refractivity contribution < 1.29 is 24.6 Å². The molecule has 26 heavy (non-hydrogen) atoms. The number of carboxylic acids is 2. The Balaban J connectivity index is 0.000000321. The van der Waals surface area contributed by atoms with Gasteiger partial charge in [0.15, 0.2) is 0 Å². The van der Waals surface area contributed by atoms with E-state index in [2.05, 4.69) is 20.5 Å². The van der Waals surface area contributed by atoms with Crippen molar-refractivity contribution in [3.63, 3.8) is 0 Å². The van der Waals surface area contributed by atoms with Gasteiger partial charge in [0.1, 0.15) is 5.69 Å². The standard InChI is InChI=1S/C12H10N4O.C5H8O4/c17-12(11-5-1-2-7-14-11)16-15-9-10-4-3-6-13-8-10;6-4(7)2-1-3-5(8)9/h1-9H,(H,16,17);1-3H2,(H,6,7)(H,8,9)/b15-9+;. The van der Waals surface area contributed by atoms with Gasteiger partial charge in [-0.3, -0.25) is 24.4 Å². The fraction of sp³-hybridized carbons (Fsp3) is 0.176. The molecule has 2 aromatic rings. The summed E-state index contributed by atoms with van der Waals surface area (Å²) in [6.07, 6.45) is 6.48. The molecule has 0 atom stereocenters. The number of nitrogens with one attached hydrogen (secondary N) is 1. The maximum atomic E-state index is 11.5. The van der Waals surface area contributed by atoms with Crippen LogP contribution in [0.15, 0.2) is 54.0 Å². The van der Waals surface area contributed by atoms with Crippen molar-refractivity contribution in [2.75, 3.05) is 0 Å². The third-order valence-electron chi connectivity index (χ3n) is 2.74. The molecule has 2 heterocycles. The molecule has 136 valence electrons. The van der Waals surface area contributed by atoms with Crippen LogP contribution in [0, 0.1) is 0 Å². The second kappa shape index (κ2) is 11.8. The fourth-order valence-electron chi connectivity index (χ4n) is 1.56. The average Bonchev–Trinajstić information content (AvgIpc) is 2.63. The Labute approximate surface area is 149 Å². The molecule has 3 N–H and O–H groups in total. The quantitative estimate of drug-likeness (QED) is 0.503. The Morgan fingerprint density at radius 3 is 2.31 bits per heavy atom. The van der Waals surface area contributed by atoms with Gasteiger partial charge >= 0.3 is 11.9 Å². The first-order valence-electron chi connectivity index (χ1n) is 7.57. The van der Waals surface area contributed by atoms with Crippen LogP contribution in [-0.2, 0) is 9.59 Å². The van der Waals surface area contributed by atoms with Gasteiger partial charge in [0.25, 0.3) is 5.91 Å². The lowest BCUT2D eigenvalue weighted by Gasteiger charge is -1.97. The summed E-state index contributed by atoms with van der Waals surface area (Å²) in [6, 6.07) is 8.74. The molecule has 0 fully saturated rings. The maximum Gasteiger partial charge on any atom is 0.303 e. The van der Waals surface area contributed by atoms with Crippen LogP contribution in [0.1, 0.15) is 35.3 Å². The van der Waals surface area contributed by atoms with Gasteiger partial charge in [0, 0.05) is 37.0 Å². The minimum Gasteiger partial charge on any atom is -0.481 e. The number of hydrogen-bond acceptors (Lipinski definition) is 6. The van der Waals surface area contributed by atoms with E-state index in [4.69, 9.17) is 10.2 Å². The molecule has 0 aliphatic rings. The third-order valence-corrected chi connectivity index (χ3v) is 2.74. The Bertz CT molecular complexity index is 721. The number of amides is 1. The molecule has 9 heteroatoms. The second-order valence-corrected chi connectivity index (χ2v) is 4.84. The molecule has 0 bridgehead atoms. The Morgan fingerprint density at radius 1 is 1.04 bits per heavy atom. The largest absolute Gasteiger partial charge is 0.481 e.